The zero-order chi connectivity index (χ0) is 29.4. The van der Waals surface area contributed by atoms with Crippen LogP contribution in [0.4, 0.5) is 14.9 Å². The summed E-state index contributed by atoms with van der Waals surface area (Å²) >= 11 is 0. The number of anilines is 1. The summed E-state index contributed by atoms with van der Waals surface area (Å²) in [5.74, 6) is -2.87. The Bertz CT molecular complexity index is 1350. The van der Waals surface area contributed by atoms with Gasteiger partial charge >= 0.3 is 12.0 Å². The van der Waals surface area contributed by atoms with E-state index in [-0.39, 0.29) is 49.2 Å². The number of imide groups is 1. The molecule has 4 rings (SSSR count). The lowest BCUT2D eigenvalue weighted by molar-refractivity contribution is -0.139. The predicted octanol–water partition coefficient (Wildman–Crippen LogP) is 3.13. The Labute approximate surface area is 232 Å². The van der Waals surface area contributed by atoms with Crippen LogP contribution in [0.2, 0.25) is 0 Å². The van der Waals surface area contributed by atoms with E-state index in [1.807, 2.05) is 0 Å². The number of halogens is 1. The summed E-state index contributed by atoms with van der Waals surface area (Å²) in [4.78, 5) is 68.9. The van der Waals surface area contributed by atoms with Crippen molar-refractivity contribution in [3.63, 3.8) is 0 Å². The van der Waals surface area contributed by atoms with Gasteiger partial charge in [0.05, 0.1) is 18.2 Å². The number of piperidine rings is 1. The fourth-order valence-electron chi connectivity index (χ4n) is 5.33. The van der Waals surface area contributed by atoms with Crippen molar-refractivity contribution in [3.8, 4) is 0 Å². The molecule has 0 radical (unpaired) electrons. The number of nitrogens with one attached hydrogen (secondary N) is 1. The zero-order valence-electron chi connectivity index (χ0n) is 23.2. The van der Waals surface area contributed by atoms with Crippen LogP contribution in [0, 0.1) is 18.7 Å². The van der Waals surface area contributed by atoms with Crippen LogP contribution in [-0.2, 0) is 14.3 Å². The van der Waals surface area contributed by atoms with E-state index >= 15 is 0 Å². The Morgan fingerprint density at radius 2 is 1.65 bits per heavy atom. The second-order valence-corrected chi connectivity index (χ2v) is 10.6. The smallest absolute Gasteiger partial charge is 0.337 e. The molecular formula is C29H33FN4O6. The highest BCUT2D eigenvalue weighted by molar-refractivity contribution is 6.17. The van der Waals surface area contributed by atoms with Gasteiger partial charge in [0.25, 0.3) is 11.8 Å². The van der Waals surface area contributed by atoms with Gasteiger partial charge in [-0.15, -0.1) is 0 Å². The van der Waals surface area contributed by atoms with Crippen LogP contribution in [0.5, 0.6) is 0 Å². The molecule has 2 fully saturated rings. The Hall–Kier alpha value is -4.28. The van der Waals surface area contributed by atoms with Crippen LogP contribution in [-0.4, -0.2) is 78.3 Å². The maximum absolute atomic E-state index is 14.3. The molecular weight excluding hydrogens is 519 g/mol. The third kappa shape index (κ3) is 5.03. The molecule has 5 amide bonds. The summed E-state index contributed by atoms with van der Waals surface area (Å²) in [7, 11) is 2.69. The van der Waals surface area contributed by atoms with E-state index in [0.29, 0.717) is 16.8 Å². The van der Waals surface area contributed by atoms with Gasteiger partial charge in [-0.25, -0.2) is 14.0 Å². The number of methoxy groups -OCH3 is 1. The second kappa shape index (κ2) is 11.1. The van der Waals surface area contributed by atoms with Crippen LogP contribution in [0.1, 0.15) is 53.0 Å². The lowest BCUT2D eigenvalue weighted by Gasteiger charge is -2.43. The number of hydrogen-bond acceptors (Lipinski definition) is 6. The number of urea groups is 1. The van der Waals surface area contributed by atoms with Gasteiger partial charge in [0, 0.05) is 25.8 Å². The van der Waals surface area contributed by atoms with Crippen molar-refractivity contribution in [3.05, 3.63) is 65.0 Å². The largest absolute Gasteiger partial charge is 0.465 e. The molecule has 40 heavy (non-hydrogen) atoms. The number of benzene rings is 2. The predicted molar refractivity (Wildman–Crippen MR) is 144 cm³/mol. The highest BCUT2D eigenvalue weighted by Gasteiger charge is 2.58. The Morgan fingerprint density at radius 1 is 1.02 bits per heavy atom. The second-order valence-electron chi connectivity index (χ2n) is 10.6. The normalized spacial score (nSPS) is 17.4. The topological polar surface area (TPSA) is 116 Å². The SMILES string of the molecule is COC(=O)c1ccc(N2C(=O)N(C)C(=O)C23CCN(C(=O)[C@H](NC(=O)c2cc(C)ccc2F)C(C)C)CC3)cc1. The summed E-state index contributed by atoms with van der Waals surface area (Å²) in [5.41, 5.74) is 0.131. The summed E-state index contributed by atoms with van der Waals surface area (Å²) in [6, 6.07) is 9.02. The minimum atomic E-state index is -1.20. The van der Waals surface area contributed by atoms with E-state index in [2.05, 4.69) is 5.32 Å². The van der Waals surface area contributed by atoms with Crippen molar-refractivity contribution >= 4 is 35.4 Å². The van der Waals surface area contributed by atoms with Crippen LogP contribution < -0.4 is 10.2 Å². The number of aryl methyl sites for hydroxylation is 1. The molecule has 0 bridgehead atoms. The van der Waals surface area contributed by atoms with Gasteiger partial charge in [0.1, 0.15) is 17.4 Å². The van der Waals surface area contributed by atoms with Crippen LogP contribution in [0.3, 0.4) is 0 Å². The number of carbonyl (C=O) groups excluding carboxylic acids is 5. The van der Waals surface area contributed by atoms with E-state index in [4.69, 9.17) is 4.74 Å². The molecule has 1 N–H and O–H groups in total. The summed E-state index contributed by atoms with van der Waals surface area (Å²) in [5, 5.41) is 2.69. The number of rotatable bonds is 6. The molecule has 0 aliphatic carbocycles. The quantitative estimate of drug-likeness (QED) is 0.435. The lowest BCUT2D eigenvalue weighted by Crippen LogP contribution is -2.60. The first-order chi connectivity index (χ1) is 18.9. The highest BCUT2D eigenvalue weighted by atomic mass is 19.1. The van der Waals surface area contributed by atoms with Gasteiger partial charge in [0.15, 0.2) is 0 Å². The molecule has 2 aliphatic heterocycles. The Balaban J connectivity index is 1.53. The van der Waals surface area contributed by atoms with Crippen LogP contribution >= 0.6 is 0 Å². The molecule has 11 heteroatoms. The Kier molecular flexibility index (Phi) is 7.95. The van der Waals surface area contributed by atoms with Crippen molar-refractivity contribution in [1.29, 1.82) is 0 Å². The molecule has 2 aliphatic rings. The molecule has 2 aromatic rings. The molecule has 10 nitrogen and oxygen atoms in total. The van der Waals surface area contributed by atoms with Gasteiger partial charge in [-0.2, -0.15) is 0 Å². The summed E-state index contributed by atoms with van der Waals surface area (Å²) < 4.78 is 19.0. The first-order valence-corrected chi connectivity index (χ1v) is 13.1. The van der Waals surface area contributed by atoms with Crippen LogP contribution in [0.15, 0.2) is 42.5 Å². The maximum Gasteiger partial charge on any atom is 0.337 e. The molecule has 0 unspecified atom stereocenters. The third-order valence-corrected chi connectivity index (χ3v) is 7.64. The van der Waals surface area contributed by atoms with Crippen molar-refractivity contribution in [2.24, 2.45) is 5.92 Å². The number of hydrogen-bond donors (Lipinski definition) is 1. The average molecular weight is 553 g/mol. The van der Waals surface area contributed by atoms with E-state index < -0.39 is 35.3 Å². The monoisotopic (exact) mass is 552 g/mol. The highest BCUT2D eigenvalue weighted by Crippen LogP contribution is 2.40. The molecule has 1 spiro atoms. The van der Waals surface area contributed by atoms with Crippen molar-refractivity contribution < 1.29 is 33.1 Å². The summed E-state index contributed by atoms with van der Waals surface area (Å²) in [6.45, 7) is 5.65. The van der Waals surface area contributed by atoms with E-state index in [1.54, 1.807) is 43.9 Å². The third-order valence-electron chi connectivity index (χ3n) is 7.64. The maximum atomic E-state index is 14.3. The fraction of sp³-hybridized carbons (Fsp3) is 0.414. The first-order valence-electron chi connectivity index (χ1n) is 13.1. The van der Waals surface area contributed by atoms with E-state index in [0.717, 1.165) is 4.90 Å². The minimum absolute atomic E-state index is 0.136. The Morgan fingerprint density at radius 3 is 2.23 bits per heavy atom. The van der Waals surface area contributed by atoms with Crippen LogP contribution in [0.25, 0.3) is 0 Å². The van der Waals surface area contributed by atoms with Crippen molar-refractivity contribution in [2.45, 2.75) is 45.2 Å². The van der Waals surface area contributed by atoms with Gasteiger partial charge in [-0.05, 0) is 62.1 Å². The van der Waals surface area contributed by atoms with E-state index in [1.165, 1.54) is 43.3 Å². The van der Waals surface area contributed by atoms with Gasteiger partial charge in [-0.1, -0.05) is 25.5 Å². The van der Waals surface area contributed by atoms with Gasteiger partial charge < -0.3 is 15.0 Å². The molecule has 2 aromatic carbocycles. The number of ether oxygens (including phenoxy) is 1. The molecule has 0 saturated carbocycles. The zero-order valence-corrected chi connectivity index (χ0v) is 23.2. The van der Waals surface area contributed by atoms with Crippen molar-refractivity contribution in [1.82, 2.24) is 15.1 Å². The molecule has 2 saturated heterocycles. The molecule has 2 heterocycles. The fourth-order valence-corrected chi connectivity index (χ4v) is 5.33. The number of carbonyl (C=O) groups is 5. The average Bonchev–Trinajstić information content (AvgIpc) is 3.12. The number of amides is 5. The minimum Gasteiger partial charge on any atom is -0.465 e. The van der Waals surface area contributed by atoms with Gasteiger partial charge in [-0.3, -0.25) is 24.2 Å². The molecule has 1 atom stereocenters. The number of nitrogens with zero attached hydrogens (tertiary/aromatic N) is 3. The molecule has 212 valence electrons. The first kappa shape index (κ1) is 28.7. The van der Waals surface area contributed by atoms with Gasteiger partial charge in [0.2, 0.25) is 5.91 Å². The van der Waals surface area contributed by atoms with E-state index in [9.17, 15) is 28.4 Å². The summed E-state index contributed by atoms with van der Waals surface area (Å²) in [6.07, 6.45) is 0.357. The standard InChI is InChI=1S/C29H33FN4O6/c1-17(2)23(31-24(35)21-16-18(3)6-11-22(21)30)25(36)33-14-12-29(13-15-33)27(38)32(4)28(39)34(29)20-9-7-19(8-10-20)26(37)40-5/h6-11,16-17,23H,12-15H2,1-5H3,(H,31,35)/t23-/m1/s1. The molecule has 0 aromatic heterocycles. The lowest BCUT2D eigenvalue weighted by atomic mass is 9.85. The van der Waals surface area contributed by atoms with Crippen molar-refractivity contribution in [2.75, 3.05) is 32.1 Å². The number of esters is 1. The number of likely N-dealkylation sites (N-methyl/N-ethyl adjacent to an activating group) is 1. The number of likely N-dealkylation sites (tertiary alicyclic amines) is 1.